The Morgan fingerprint density at radius 3 is 2.86 bits per heavy atom. The van der Waals surface area contributed by atoms with Gasteiger partial charge in [-0.25, -0.2) is 0 Å². The fourth-order valence-corrected chi connectivity index (χ4v) is 1.16. The van der Waals surface area contributed by atoms with Gasteiger partial charge in [0.05, 0.1) is 11.6 Å². The summed E-state index contributed by atoms with van der Waals surface area (Å²) in [7, 11) is 0. The van der Waals surface area contributed by atoms with Crippen LogP contribution in [0.5, 0.6) is 5.75 Å². The third kappa shape index (κ3) is 3.01. The van der Waals surface area contributed by atoms with Crippen molar-refractivity contribution < 1.29 is 14.6 Å². The summed E-state index contributed by atoms with van der Waals surface area (Å²) in [4.78, 5) is 10.4. The molecule has 1 aromatic carbocycles. The van der Waals surface area contributed by atoms with Crippen LogP contribution in [-0.2, 0) is 0 Å². The monoisotopic (exact) mass is 214 g/mol. The van der Waals surface area contributed by atoms with E-state index in [0.717, 1.165) is 0 Å². The first kappa shape index (κ1) is 11.0. The maximum absolute atomic E-state index is 10.4. The normalized spacial score (nSPS) is 9.86. The summed E-state index contributed by atoms with van der Waals surface area (Å²) in [5, 5.41) is 8.91. The van der Waals surface area contributed by atoms with Gasteiger partial charge >= 0.3 is 0 Å². The molecular formula is C10H11ClO3. The van der Waals surface area contributed by atoms with Gasteiger partial charge in [0, 0.05) is 18.6 Å². The minimum absolute atomic E-state index is 0.0974. The second-order valence-corrected chi connectivity index (χ2v) is 3.13. The van der Waals surface area contributed by atoms with Crippen LogP contribution in [-0.4, -0.2) is 24.6 Å². The molecule has 0 bridgehead atoms. The topological polar surface area (TPSA) is 46.5 Å². The molecule has 0 radical (unpaired) electrons. The van der Waals surface area contributed by atoms with Gasteiger partial charge in [0.25, 0.3) is 0 Å². The molecule has 0 aliphatic rings. The van der Waals surface area contributed by atoms with E-state index in [1.807, 2.05) is 0 Å². The van der Waals surface area contributed by atoms with Crippen LogP contribution < -0.4 is 4.74 Å². The van der Waals surface area contributed by atoms with E-state index in [1.54, 1.807) is 18.2 Å². The Balaban J connectivity index is 2.62. The Labute approximate surface area is 87.3 Å². The molecule has 0 aliphatic heterocycles. The summed E-state index contributed by atoms with van der Waals surface area (Å²) in [6, 6.07) is 4.86. The van der Waals surface area contributed by atoms with Crippen molar-refractivity contribution >= 4 is 17.9 Å². The number of aliphatic hydroxyl groups excluding tert-OH is 1. The molecule has 3 nitrogen and oxygen atoms in total. The number of carbonyl (C=O) groups is 1. The molecule has 1 rings (SSSR count). The number of aliphatic hydroxyl groups is 1. The van der Waals surface area contributed by atoms with Crippen LogP contribution in [0.4, 0.5) is 0 Å². The standard InChI is InChI=1S/C10H11ClO3/c11-10-6-9(14-5-1-4-12)3-2-8(10)7-13/h2-3,6-7,12H,1,4-5H2. The summed E-state index contributed by atoms with van der Waals surface area (Å²) in [5.74, 6) is 0.606. The Morgan fingerprint density at radius 1 is 1.50 bits per heavy atom. The third-order valence-corrected chi connectivity index (χ3v) is 2.00. The van der Waals surface area contributed by atoms with Crippen LogP contribution >= 0.6 is 11.6 Å². The van der Waals surface area contributed by atoms with Crippen LogP contribution in [0, 0.1) is 0 Å². The van der Waals surface area contributed by atoms with E-state index >= 15 is 0 Å². The van der Waals surface area contributed by atoms with Crippen molar-refractivity contribution in [2.75, 3.05) is 13.2 Å². The second kappa shape index (κ2) is 5.62. The molecule has 1 aromatic rings. The van der Waals surface area contributed by atoms with E-state index in [2.05, 4.69) is 0 Å². The third-order valence-electron chi connectivity index (χ3n) is 1.67. The Morgan fingerprint density at radius 2 is 2.29 bits per heavy atom. The summed E-state index contributed by atoms with van der Waals surface area (Å²) >= 11 is 5.78. The number of benzene rings is 1. The SMILES string of the molecule is O=Cc1ccc(OCCCO)cc1Cl. The van der Waals surface area contributed by atoms with E-state index < -0.39 is 0 Å². The van der Waals surface area contributed by atoms with Crippen LogP contribution in [0.1, 0.15) is 16.8 Å². The van der Waals surface area contributed by atoms with Gasteiger partial charge in [-0.1, -0.05) is 11.6 Å². The minimum Gasteiger partial charge on any atom is -0.493 e. The fourth-order valence-electron chi connectivity index (χ4n) is 0.948. The van der Waals surface area contributed by atoms with Gasteiger partial charge in [-0.15, -0.1) is 0 Å². The molecule has 14 heavy (non-hydrogen) atoms. The lowest BCUT2D eigenvalue weighted by atomic mass is 10.2. The molecule has 76 valence electrons. The highest BCUT2D eigenvalue weighted by Crippen LogP contribution is 2.21. The molecule has 0 unspecified atom stereocenters. The molecular weight excluding hydrogens is 204 g/mol. The molecule has 4 heteroatoms. The number of aldehydes is 1. The van der Waals surface area contributed by atoms with Crippen molar-refractivity contribution in [2.24, 2.45) is 0 Å². The number of ether oxygens (including phenoxy) is 1. The maximum atomic E-state index is 10.4. The highest BCUT2D eigenvalue weighted by molar-refractivity contribution is 6.33. The molecule has 0 amide bonds. The molecule has 0 fully saturated rings. The van der Waals surface area contributed by atoms with Gasteiger partial charge in [-0.05, 0) is 18.2 Å². The summed E-state index contributed by atoms with van der Waals surface area (Å²) < 4.78 is 5.27. The average Bonchev–Trinajstić information content (AvgIpc) is 2.18. The number of halogens is 1. The maximum Gasteiger partial charge on any atom is 0.151 e. The molecule has 0 atom stereocenters. The highest BCUT2D eigenvalue weighted by atomic mass is 35.5. The molecule has 0 saturated heterocycles. The number of hydrogen-bond donors (Lipinski definition) is 1. The zero-order chi connectivity index (χ0) is 10.4. The predicted molar refractivity (Wildman–Crippen MR) is 54.0 cm³/mol. The lowest BCUT2D eigenvalue weighted by molar-refractivity contribution is 0.112. The molecule has 0 spiro atoms. The smallest absolute Gasteiger partial charge is 0.151 e. The van der Waals surface area contributed by atoms with Gasteiger partial charge in [0.2, 0.25) is 0 Å². The number of rotatable bonds is 5. The van der Waals surface area contributed by atoms with Crippen molar-refractivity contribution in [1.29, 1.82) is 0 Å². The molecule has 0 saturated carbocycles. The Bertz CT molecular complexity index is 312. The van der Waals surface area contributed by atoms with E-state index in [-0.39, 0.29) is 6.61 Å². The van der Waals surface area contributed by atoms with Crippen molar-refractivity contribution in [3.8, 4) is 5.75 Å². The predicted octanol–water partition coefficient (Wildman–Crippen LogP) is 1.91. The van der Waals surface area contributed by atoms with E-state index in [4.69, 9.17) is 21.4 Å². The molecule has 0 aliphatic carbocycles. The van der Waals surface area contributed by atoms with Crippen molar-refractivity contribution in [3.05, 3.63) is 28.8 Å². The Kier molecular flexibility index (Phi) is 4.43. The Hall–Kier alpha value is -1.06. The van der Waals surface area contributed by atoms with E-state index in [0.29, 0.717) is 35.6 Å². The summed E-state index contributed by atoms with van der Waals surface area (Å²) in [6.45, 7) is 0.535. The highest BCUT2D eigenvalue weighted by Gasteiger charge is 2.00. The van der Waals surface area contributed by atoms with E-state index in [9.17, 15) is 4.79 Å². The lowest BCUT2D eigenvalue weighted by Gasteiger charge is -2.05. The van der Waals surface area contributed by atoms with Gasteiger partial charge in [-0.3, -0.25) is 4.79 Å². The van der Waals surface area contributed by atoms with E-state index in [1.165, 1.54) is 0 Å². The first-order valence-corrected chi connectivity index (χ1v) is 4.64. The fraction of sp³-hybridized carbons (Fsp3) is 0.300. The number of carbonyl (C=O) groups excluding carboxylic acids is 1. The zero-order valence-electron chi connectivity index (χ0n) is 7.57. The zero-order valence-corrected chi connectivity index (χ0v) is 8.33. The van der Waals surface area contributed by atoms with Gasteiger partial charge in [0.1, 0.15) is 5.75 Å². The van der Waals surface area contributed by atoms with Gasteiger partial charge in [0.15, 0.2) is 6.29 Å². The molecule has 1 N–H and O–H groups in total. The van der Waals surface area contributed by atoms with Crippen molar-refractivity contribution in [3.63, 3.8) is 0 Å². The van der Waals surface area contributed by atoms with Crippen LogP contribution in [0.25, 0.3) is 0 Å². The van der Waals surface area contributed by atoms with Crippen LogP contribution in [0.15, 0.2) is 18.2 Å². The molecule has 0 aromatic heterocycles. The first-order valence-electron chi connectivity index (χ1n) is 4.26. The average molecular weight is 215 g/mol. The van der Waals surface area contributed by atoms with Crippen molar-refractivity contribution in [1.82, 2.24) is 0 Å². The quantitative estimate of drug-likeness (QED) is 0.602. The summed E-state index contributed by atoms with van der Waals surface area (Å²) in [5.41, 5.74) is 0.446. The largest absolute Gasteiger partial charge is 0.493 e. The second-order valence-electron chi connectivity index (χ2n) is 2.73. The van der Waals surface area contributed by atoms with Crippen LogP contribution in [0.2, 0.25) is 5.02 Å². The molecule has 0 heterocycles. The number of hydrogen-bond acceptors (Lipinski definition) is 3. The first-order chi connectivity index (χ1) is 6.77. The minimum atomic E-state index is 0.0974. The van der Waals surface area contributed by atoms with Gasteiger partial charge < -0.3 is 9.84 Å². The van der Waals surface area contributed by atoms with Crippen molar-refractivity contribution in [2.45, 2.75) is 6.42 Å². The summed E-state index contributed by atoms with van der Waals surface area (Å²) in [6.07, 6.45) is 1.27. The lowest BCUT2D eigenvalue weighted by Crippen LogP contribution is -1.99. The van der Waals surface area contributed by atoms with Crippen LogP contribution in [0.3, 0.4) is 0 Å². The van der Waals surface area contributed by atoms with Gasteiger partial charge in [-0.2, -0.15) is 0 Å².